The van der Waals surface area contributed by atoms with Gasteiger partial charge >= 0.3 is 0 Å². The third-order valence-electron chi connectivity index (χ3n) is 7.38. The highest BCUT2D eigenvalue weighted by Gasteiger charge is 2.91. The molecule has 2 aliphatic heterocycles. The lowest BCUT2D eigenvalue weighted by Gasteiger charge is -2.18. The zero-order valence-electron chi connectivity index (χ0n) is 18.9. The van der Waals surface area contributed by atoms with Crippen LogP contribution in [0.2, 0.25) is 10.0 Å². The first-order chi connectivity index (χ1) is 16.8. The molecule has 0 radical (unpaired) electrons. The van der Waals surface area contributed by atoms with Gasteiger partial charge in [0.15, 0.2) is 0 Å². The Morgan fingerprint density at radius 2 is 1.17 bits per heavy atom. The van der Waals surface area contributed by atoms with E-state index in [0.29, 0.717) is 38.4 Å². The van der Waals surface area contributed by atoms with E-state index in [1.165, 1.54) is 10.0 Å². The number of nitrogens with zero attached hydrogens (tertiary/aromatic N) is 4. The van der Waals surface area contributed by atoms with E-state index in [1.54, 1.807) is 32.0 Å². The van der Waals surface area contributed by atoms with Crippen molar-refractivity contribution in [2.24, 2.45) is 21.0 Å². The zero-order chi connectivity index (χ0) is 24.5. The summed E-state index contributed by atoms with van der Waals surface area (Å²) in [7, 11) is 0. The number of para-hydroxylation sites is 2. The number of amides is 2. The van der Waals surface area contributed by atoms with E-state index in [4.69, 9.17) is 23.2 Å². The molecule has 0 aromatic heterocycles. The second-order valence-electron chi connectivity index (χ2n) is 8.99. The van der Waals surface area contributed by atoms with Crippen LogP contribution in [-0.2, 0) is 9.59 Å². The van der Waals surface area contributed by atoms with Crippen LogP contribution in [0.1, 0.15) is 25.3 Å². The highest BCUT2D eigenvalue weighted by molar-refractivity contribution is 6.39. The van der Waals surface area contributed by atoms with Crippen LogP contribution < -0.4 is 10.0 Å². The van der Waals surface area contributed by atoms with Gasteiger partial charge in [-0.25, -0.2) is 0 Å². The fourth-order valence-corrected chi connectivity index (χ4v) is 6.45. The van der Waals surface area contributed by atoms with Crippen molar-refractivity contribution in [3.05, 3.63) is 94.5 Å². The van der Waals surface area contributed by atoms with Gasteiger partial charge < -0.3 is 0 Å². The summed E-state index contributed by atoms with van der Waals surface area (Å²) < 4.78 is 0. The highest BCUT2D eigenvalue weighted by atomic mass is 35.5. The van der Waals surface area contributed by atoms with Crippen molar-refractivity contribution in [2.45, 2.75) is 19.8 Å². The number of hydrogen-bond donors (Lipinski definition) is 0. The minimum atomic E-state index is -1.24. The molecular formula is C27H20Cl2N4O2. The number of halogens is 2. The third kappa shape index (κ3) is 2.66. The van der Waals surface area contributed by atoms with Gasteiger partial charge in [-0.3, -0.25) is 9.59 Å². The third-order valence-corrected chi connectivity index (χ3v) is 7.94. The maximum absolute atomic E-state index is 14.3. The van der Waals surface area contributed by atoms with Gasteiger partial charge in [-0.2, -0.15) is 20.2 Å². The molecule has 2 atom stereocenters. The summed E-state index contributed by atoms with van der Waals surface area (Å²) >= 11 is 12.9. The van der Waals surface area contributed by atoms with Crippen molar-refractivity contribution < 1.29 is 9.59 Å². The second kappa shape index (κ2) is 7.51. The fourth-order valence-electron chi connectivity index (χ4n) is 5.93. The van der Waals surface area contributed by atoms with Crippen LogP contribution in [-0.4, -0.2) is 23.2 Å². The molecule has 8 heteroatoms. The van der Waals surface area contributed by atoms with Gasteiger partial charge in [-0.05, 0) is 55.8 Å². The van der Waals surface area contributed by atoms with Crippen LogP contribution in [0.15, 0.2) is 89.1 Å². The van der Waals surface area contributed by atoms with Crippen LogP contribution in [0.5, 0.6) is 0 Å². The molecule has 1 fully saturated rings. The quantitative estimate of drug-likeness (QED) is 0.446. The monoisotopic (exact) mass is 502 g/mol. The standard InChI is InChI=1S/C27H20Cl2N4O2/c1-16-26(24(34)32(30-16)19-9-5-3-6-10-19)23(21-14-13-18(28)15-22(21)29)27(26)17(2)31-33(25(27)35)20-11-7-4-8-12-20/h3-15,23H,1-2H3/t26-,27-/m1/s1. The molecule has 3 aromatic carbocycles. The van der Waals surface area contributed by atoms with Gasteiger partial charge in [0.2, 0.25) is 0 Å². The molecule has 0 N–H and O–H groups in total. The van der Waals surface area contributed by atoms with Crippen LogP contribution in [0, 0.1) is 10.8 Å². The van der Waals surface area contributed by atoms with E-state index in [2.05, 4.69) is 10.2 Å². The summed E-state index contributed by atoms with van der Waals surface area (Å²) in [5, 5.41) is 13.0. The minimum Gasteiger partial charge on any atom is -0.271 e. The molecule has 0 bridgehead atoms. The predicted molar refractivity (Wildman–Crippen MR) is 138 cm³/mol. The second-order valence-corrected chi connectivity index (χ2v) is 9.83. The van der Waals surface area contributed by atoms with Crippen LogP contribution in [0.25, 0.3) is 0 Å². The molecule has 0 saturated heterocycles. The smallest absolute Gasteiger partial charge is 0.261 e. The maximum Gasteiger partial charge on any atom is 0.261 e. The number of benzene rings is 3. The van der Waals surface area contributed by atoms with Gasteiger partial charge in [-0.1, -0.05) is 65.7 Å². The van der Waals surface area contributed by atoms with Crippen molar-refractivity contribution >= 4 is 57.8 Å². The summed E-state index contributed by atoms with van der Waals surface area (Å²) in [6.07, 6.45) is 0. The number of carbonyl (C=O) groups is 2. The normalized spacial score (nSPS) is 27.1. The van der Waals surface area contributed by atoms with Gasteiger partial charge in [0.25, 0.3) is 11.8 Å². The number of fused-ring (bicyclic) bond motifs is 1. The predicted octanol–water partition coefficient (Wildman–Crippen LogP) is 5.91. The summed E-state index contributed by atoms with van der Waals surface area (Å²) in [6, 6.07) is 23.6. The molecule has 3 aliphatic rings. The molecule has 3 aromatic rings. The topological polar surface area (TPSA) is 65.3 Å². The Morgan fingerprint density at radius 3 is 1.60 bits per heavy atom. The minimum absolute atomic E-state index is 0.268. The van der Waals surface area contributed by atoms with E-state index in [9.17, 15) is 9.59 Å². The molecule has 35 heavy (non-hydrogen) atoms. The maximum atomic E-state index is 14.3. The van der Waals surface area contributed by atoms with Crippen molar-refractivity contribution in [3.63, 3.8) is 0 Å². The van der Waals surface area contributed by atoms with E-state index in [1.807, 2.05) is 60.7 Å². The number of hydrazone groups is 2. The Balaban J connectivity index is 1.56. The number of rotatable bonds is 3. The summed E-state index contributed by atoms with van der Waals surface area (Å²) in [6.45, 7) is 3.61. The molecule has 6 nitrogen and oxygen atoms in total. The zero-order valence-corrected chi connectivity index (χ0v) is 20.5. The largest absolute Gasteiger partial charge is 0.271 e. The first-order valence-corrected chi connectivity index (χ1v) is 12.0. The van der Waals surface area contributed by atoms with E-state index >= 15 is 0 Å². The Bertz CT molecular complexity index is 1370. The van der Waals surface area contributed by atoms with Crippen molar-refractivity contribution in [1.82, 2.24) is 0 Å². The lowest BCUT2D eigenvalue weighted by molar-refractivity contribution is -0.126. The first-order valence-electron chi connectivity index (χ1n) is 11.2. The van der Waals surface area contributed by atoms with E-state index in [0.717, 1.165) is 0 Å². The molecule has 0 unspecified atom stereocenters. The van der Waals surface area contributed by atoms with Crippen molar-refractivity contribution in [3.8, 4) is 0 Å². The molecule has 174 valence electrons. The van der Waals surface area contributed by atoms with E-state index in [-0.39, 0.29) is 11.8 Å². The summed E-state index contributed by atoms with van der Waals surface area (Å²) in [4.78, 5) is 28.5. The average molecular weight is 503 g/mol. The Kier molecular flexibility index (Phi) is 4.72. The SMILES string of the molecule is CC1=NN(c2ccccc2)C(=O)[C@]12C(c1ccc(Cl)cc1Cl)[C@]21C(=O)N(c2ccccc2)N=C1C. The molecule has 1 aliphatic carbocycles. The van der Waals surface area contributed by atoms with Crippen LogP contribution in [0.3, 0.4) is 0 Å². The lowest BCUT2D eigenvalue weighted by Crippen LogP contribution is -2.40. The van der Waals surface area contributed by atoms with E-state index < -0.39 is 16.7 Å². The summed E-state index contributed by atoms with van der Waals surface area (Å²) in [5.41, 5.74) is 0.573. The molecule has 2 spiro atoms. The number of hydrogen-bond acceptors (Lipinski definition) is 4. The van der Waals surface area contributed by atoms with Gasteiger partial charge in [-0.15, -0.1) is 0 Å². The van der Waals surface area contributed by atoms with Gasteiger partial charge in [0, 0.05) is 16.0 Å². The molecule has 1 saturated carbocycles. The molecular weight excluding hydrogens is 483 g/mol. The van der Waals surface area contributed by atoms with Gasteiger partial charge in [0.05, 0.1) is 22.8 Å². The molecule has 2 amide bonds. The lowest BCUT2D eigenvalue weighted by atomic mass is 9.85. The average Bonchev–Trinajstić information content (AvgIpc) is 3.32. The Labute approximate surface area is 212 Å². The van der Waals surface area contributed by atoms with Gasteiger partial charge in [0.1, 0.15) is 10.8 Å². The fraction of sp³-hybridized carbons (Fsp3) is 0.185. The van der Waals surface area contributed by atoms with Crippen molar-refractivity contribution in [2.75, 3.05) is 10.0 Å². The Hall–Kier alpha value is -3.48. The number of anilines is 2. The number of carbonyl (C=O) groups excluding carboxylic acids is 2. The Morgan fingerprint density at radius 1 is 0.714 bits per heavy atom. The van der Waals surface area contributed by atoms with Crippen LogP contribution in [0.4, 0.5) is 11.4 Å². The summed E-state index contributed by atoms with van der Waals surface area (Å²) in [5.74, 6) is -1.11. The van der Waals surface area contributed by atoms with Crippen molar-refractivity contribution in [1.29, 1.82) is 0 Å². The highest BCUT2D eigenvalue weighted by Crippen LogP contribution is 2.79. The van der Waals surface area contributed by atoms with Crippen LogP contribution >= 0.6 is 23.2 Å². The molecule has 6 rings (SSSR count). The molecule has 2 heterocycles. The first kappa shape index (κ1) is 22.0.